The van der Waals surface area contributed by atoms with Gasteiger partial charge in [0.15, 0.2) is 5.40 Å². The highest BCUT2D eigenvalue weighted by Gasteiger charge is 2.60. The normalized spacial score (nSPS) is 27.3. The van der Waals surface area contributed by atoms with Gasteiger partial charge in [0.25, 0.3) is 0 Å². The molecule has 0 spiro atoms. The van der Waals surface area contributed by atoms with Crippen molar-refractivity contribution >= 4 is 26.9 Å². The number of fused-ring (bicyclic) bond motifs is 5. The first-order valence-corrected chi connectivity index (χ1v) is 25.9. The summed E-state index contributed by atoms with van der Waals surface area (Å²) in [6, 6.07) is 37.3. The summed E-state index contributed by atoms with van der Waals surface area (Å²) in [5, 5.41) is -1.47. The van der Waals surface area contributed by atoms with Gasteiger partial charge in [0.05, 0.1) is 26.4 Å². The Kier molecular flexibility index (Phi) is 14.2. The van der Waals surface area contributed by atoms with Gasteiger partial charge in [-0.1, -0.05) is 135 Å². The SMILES string of the molecule is C[C@]12CC[C@H](OC(=O)CCC(P(=O)(OCc3ccccc3)OCc3ccccc3)P(=O)(OCc3ccccc3)OCc3ccccc3)C[C@@H]1CC[C@@H]1[C@@H]2CC[C@]2(C)C(=O)CC[C@@H]12. The van der Waals surface area contributed by atoms with Crippen molar-refractivity contribution in [2.24, 2.45) is 34.5 Å². The third kappa shape index (κ3) is 9.99. The van der Waals surface area contributed by atoms with E-state index in [4.69, 9.17) is 22.8 Å². The van der Waals surface area contributed by atoms with Crippen molar-refractivity contribution < 1.29 is 41.6 Å². The monoisotopic (exact) mass is 880 g/mol. The average Bonchev–Trinajstić information content (AvgIpc) is 3.61. The van der Waals surface area contributed by atoms with Gasteiger partial charge >= 0.3 is 21.2 Å². The number of esters is 1. The summed E-state index contributed by atoms with van der Waals surface area (Å²) in [6.07, 6.45) is 7.97. The van der Waals surface area contributed by atoms with Gasteiger partial charge in [0.1, 0.15) is 11.9 Å². The Hall–Kier alpha value is -3.68. The van der Waals surface area contributed by atoms with E-state index in [2.05, 4.69) is 13.8 Å². The molecule has 0 N–H and O–H groups in total. The molecule has 0 bridgehead atoms. The highest BCUT2D eigenvalue weighted by molar-refractivity contribution is 7.72. The van der Waals surface area contributed by atoms with Crippen LogP contribution < -0.4 is 0 Å². The van der Waals surface area contributed by atoms with Crippen molar-refractivity contribution in [2.45, 2.75) is 122 Å². The van der Waals surface area contributed by atoms with Crippen LogP contribution in [0.3, 0.4) is 0 Å². The average molecular weight is 881 g/mol. The molecule has 4 aliphatic carbocycles. The number of carbonyl (C=O) groups excluding carboxylic acids is 2. The summed E-state index contributed by atoms with van der Waals surface area (Å²) < 4.78 is 62.7. The lowest BCUT2D eigenvalue weighted by Crippen LogP contribution is -2.54. The minimum Gasteiger partial charge on any atom is -0.462 e. The molecule has 0 aliphatic heterocycles. The van der Waals surface area contributed by atoms with E-state index in [0.29, 0.717) is 29.5 Å². The molecule has 9 nitrogen and oxygen atoms in total. The number of Topliss-reactive ketones (excluding diaryl/α,β-unsaturated/α-hetero) is 1. The minimum atomic E-state index is -4.42. The Balaban J connectivity index is 1.03. The highest BCUT2D eigenvalue weighted by Crippen LogP contribution is 2.73. The number of ketones is 1. The Labute approximate surface area is 367 Å². The second kappa shape index (κ2) is 19.6. The molecule has 8 rings (SSSR count). The first-order valence-electron chi connectivity index (χ1n) is 22.6. The molecule has 0 saturated heterocycles. The lowest BCUT2D eigenvalue weighted by Gasteiger charge is -2.60. The van der Waals surface area contributed by atoms with Crippen LogP contribution in [0.25, 0.3) is 0 Å². The van der Waals surface area contributed by atoms with Gasteiger partial charge in [-0.3, -0.25) is 18.7 Å². The van der Waals surface area contributed by atoms with Gasteiger partial charge in [-0.2, -0.15) is 0 Å². The molecule has 4 aromatic carbocycles. The Morgan fingerprint density at radius 1 is 0.613 bits per heavy atom. The maximum atomic E-state index is 15.6. The summed E-state index contributed by atoms with van der Waals surface area (Å²) in [6.45, 7) is 4.32. The second-order valence-corrected chi connectivity index (χ2v) is 23.4. The van der Waals surface area contributed by atoms with Crippen molar-refractivity contribution in [3.05, 3.63) is 144 Å². The van der Waals surface area contributed by atoms with Gasteiger partial charge in [-0.15, -0.1) is 0 Å². The van der Waals surface area contributed by atoms with Gasteiger partial charge in [0.2, 0.25) is 0 Å². The van der Waals surface area contributed by atoms with E-state index in [1.54, 1.807) is 0 Å². The molecule has 0 amide bonds. The van der Waals surface area contributed by atoms with Gasteiger partial charge < -0.3 is 22.8 Å². The first kappa shape index (κ1) is 44.9. The van der Waals surface area contributed by atoms with Crippen LogP contribution in [0.15, 0.2) is 121 Å². The van der Waals surface area contributed by atoms with Crippen molar-refractivity contribution in [3.63, 3.8) is 0 Å². The fraction of sp³-hybridized carbons (Fsp3) is 0.490. The maximum Gasteiger partial charge on any atom is 0.346 e. The summed E-state index contributed by atoms with van der Waals surface area (Å²) in [5.74, 6) is 2.11. The van der Waals surface area contributed by atoms with E-state index in [-0.39, 0.29) is 56.2 Å². The fourth-order valence-corrected chi connectivity index (χ4v) is 16.7. The van der Waals surface area contributed by atoms with Crippen LogP contribution in [-0.4, -0.2) is 23.3 Å². The molecule has 4 saturated carbocycles. The number of hydrogen-bond acceptors (Lipinski definition) is 9. The number of benzene rings is 4. The smallest absolute Gasteiger partial charge is 0.346 e. The van der Waals surface area contributed by atoms with E-state index in [9.17, 15) is 9.59 Å². The van der Waals surface area contributed by atoms with Crippen LogP contribution >= 0.6 is 15.2 Å². The predicted octanol–water partition coefficient (Wildman–Crippen LogP) is 12.9. The molecule has 7 atom stereocenters. The van der Waals surface area contributed by atoms with Gasteiger partial charge in [0, 0.05) is 18.3 Å². The molecule has 0 heterocycles. The Morgan fingerprint density at radius 3 is 1.55 bits per heavy atom. The lowest BCUT2D eigenvalue weighted by molar-refractivity contribution is -0.162. The molecule has 11 heteroatoms. The third-order valence-electron chi connectivity index (χ3n) is 15.0. The quantitative estimate of drug-likeness (QED) is 0.0711. The summed E-state index contributed by atoms with van der Waals surface area (Å²) >= 11 is 0. The van der Waals surface area contributed by atoms with E-state index in [1.807, 2.05) is 121 Å². The zero-order valence-electron chi connectivity index (χ0n) is 36.2. The first-order chi connectivity index (χ1) is 30.0. The molecule has 62 heavy (non-hydrogen) atoms. The van der Waals surface area contributed by atoms with Crippen molar-refractivity contribution in [3.8, 4) is 0 Å². The number of rotatable bonds is 18. The number of ether oxygens (including phenoxy) is 1. The van der Waals surface area contributed by atoms with Crippen molar-refractivity contribution in [1.29, 1.82) is 0 Å². The summed E-state index contributed by atoms with van der Waals surface area (Å²) in [5.41, 5.74) is 2.99. The summed E-state index contributed by atoms with van der Waals surface area (Å²) in [7, 11) is -8.85. The van der Waals surface area contributed by atoms with Gasteiger partial charge in [-0.05, 0) is 109 Å². The molecule has 0 radical (unpaired) electrons. The topological polar surface area (TPSA) is 114 Å². The van der Waals surface area contributed by atoms with Crippen LogP contribution in [0, 0.1) is 34.5 Å². The number of hydrogen-bond donors (Lipinski definition) is 0. The molecule has 4 aromatic rings. The van der Waals surface area contributed by atoms with Crippen molar-refractivity contribution in [1.82, 2.24) is 0 Å². The summed E-state index contributed by atoms with van der Waals surface area (Å²) in [4.78, 5) is 27.0. The zero-order chi connectivity index (χ0) is 43.2. The largest absolute Gasteiger partial charge is 0.462 e. The zero-order valence-corrected chi connectivity index (χ0v) is 38.0. The van der Waals surface area contributed by atoms with E-state index in [1.165, 1.54) is 0 Å². The van der Waals surface area contributed by atoms with Crippen LogP contribution in [0.2, 0.25) is 0 Å². The van der Waals surface area contributed by atoms with Crippen molar-refractivity contribution in [2.75, 3.05) is 0 Å². The maximum absolute atomic E-state index is 15.6. The minimum absolute atomic E-state index is 0.0917. The molecule has 0 unspecified atom stereocenters. The molecule has 4 fully saturated rings. The molecular formula is C51H62O9P2. The third-order valence-corrected chi connectivity index (χ3v) is 20.6. The van der Waals surface area contributed by atoms with E-state index < -0.39 is 26.6 Å². The van der Waals surface area contributed by atoms with Crippen LogP contribution in [0.1, 0.15) is 107 Å². The van der Waals surface area contributed by atoms with Crippen LogP contribution in [0.4, 0.5) is 0 Å². The Bertz CT molecular complexity index is 2010. The molecular weight excluding hydrogens is 818 g/mol. The van der Waals surface area contributed by atoms with Crippen LogP contribution in [-0.2, 0) is 68.0 Å². The van der Waals surface area contributed by atoms with Gasteiger partial charge in [-0.25, -0.2) is 0 Å². The number of carbonyl (C=O) groups is 2. The van der Waals surface area contributed by atoms with E-state index in [0.717, 1.165) is 80.0 Å². The molecule has 4 aliphatic rings. The highest BCUT2D eigenvalue weighted by atomic mass is 31.2. The predicted molar refractivity (Wildman–Crippen MR) is 240 cm³/mol. The van der Waals surface area contributed by atoms with Crippen LogP contribution in [0.5, 0.6) is 0 Å². The standard InChI is InChI=1S/C51H62O9P2/c1-50-31-29-43(33-42(50)23-24-44-45-25-26-47(52)51(45,2)32-30-46(44)50)60-48(53)27-28-49(61(54,56-34-38-15-7-3-8-16-38)57-35-39-17-9-4-10-18-39)62(55,58-36-40-19-11-5-12-20-40)59-37-41-21-13-6-14-22-41/h3-22,42-46,49H,23-37H2,1-2H3/t42-,43-,44-,45-,46-,50-,51-/m0/s1. The Morgan fingerprint density at radius 2 is 1.08 bits per heavy atom. The van der Waals surface area contributed by atoms with E-state index >= 15 is 9.13 Å². The molecule has 0 aromatic heterocycles. The second-order valence-electron chi connectivity index (χ2n) is 18.6. The fourth-order valence-electron chi connectivity index (χ4n) is 11.5. The molecule has 330 valence electrons. The lowest BCUT2D eigenvalue weighted by atomic mass is 9.45.